The maximum Gasteiger partial charge on any atom is 0.320 e. The Morgan fingerprint density at radius 1 is 1.35 bits per heavy atom. The van der Waals surface area contributed by atoms with Gasteiger partial charge in [0.2, 0.25) is 0 Å². The predicted octanol–water partition coefficient (Wildman–Crippen LogP) is 1.17. The van der Waals surface area contributed by atoms with Crippen molar-refractivity contribution in [2.75, 3.05) is 0 Å². The van der Waals surface area contributed by atoms with Crippen LogP contribution in [0.15, 0.2) is 35.6 Å². The molecule has 1 amide bonds. The van der Waals surface area contributed by atoms with Crippen LogP contribution >= 0.6 is 0 Å². The lowest BCUT2D eigenvalue weighted by molar-refractivity contribution is -0.143. The first-order valence-electron chi connectivity index (χ1n) is 5.04. The minimum absolute atomic E-state index is 0.527. The van der Waals surface area contributed by atoms with Crippen molar-refractivity contribution in [1.82, 2.24) is 4.98 Å². The van der Waals surface area contributed by atoms with E-state index in [2.05, 4.69) is 9.98 Å². The van der Waals surface area contributed by atoms with Gasteiger partial charge < -0.3 is 5.11 Å². The number of aliphatic carboxylic acids is 1. The van der Waals surface area contributed by atoms with Gasteiger partial charge in [0.25, 0.3) is 5.91 Å². The molecule has 0 saturated carbocycles. The molecule has 0 saturated heterocycles. The first-order chi connectivity index (χ1) is 8.09. The molecule has 1 aromatic rings. The molecule has 86 valence electrons. The van der Waals surface area contributed by atoms with E-state index < -0.39 is 17.8 Å². The lowest BCUT2D eigenvalue weighted by atomic mass is 9.94. The standard InChI is InChI=1S/C12H10N2O3/c1-7-9(8-2-4-13-5-3-8)6-10(12(16)17)11(15)14-7/h2-6,10H,1H3,(H,16,17). The normalized spacial score (nSPS) is 19.6. The Bertz CT molecular complexity index is 532. The molecule has 1 unspecified atom stereocenters. The van der Waals surface area contributed by atoms with Gasteiger partial charge >= 0.3 is 5.97 Å². The van der Waals surface area contributed by atoms with Crippen LogP contribution in [0.4, 0.5) is 0 Å². The van der Waals surface area contributed by atoms with E-state index in [0.29, 0.717) is 11.3 Å². The zero-order valence-corrected chi connectivity index (χ0v) is 9.12. The minimum Gasteiger partial charge on any atom is -0.480 e. The molecule has 2 heterocycles. The Kier molecular flexibility index (Phi) is 2.82. The van der Waals surface area contributed by atoms with Crippen molar-refractivity contribution in [2.45, 2.75) is 6.92 Å². The molecule has 1 aliphatic rings. The number of hydrogen-bond donors (Lipinski definition) is 1. The maximum absolute atomic E-state index is 11.4. The predicted molar refractivity (Wildman–Crippen MR) is 61.5 cm³/mol. The number of pyridine rings is 1. The summed E-state index contributed by atoms with van der Waals surface area (Å²) in [6.07, 6.45) is 4.65. The molecule has 1 aromatic heterocycles. The molecule has 0 radical (unpaired) electrons. The smallest absolute Gasteiger partial charge is 0.320 e. The Hall–Kier alpha value is -2.30. The summed E-state index contributed by atoms with van der Waals surface area (Å²) in [7, 11) is 0. The highest BCUT2D eigenvalue weighted by atomic mass is 16.4. The number of rotatable bonds is 2. The Morgan fingerprint density at radius 3 is 2.59 bits per heavy atom. The summed E-state index contributed by atoms with van der Waals surface area (Å²) in [6, 6.07) is 3.50. The molecule has 0 aliphatic carbocycles. The number of carboxylic acid groups (broad SMARTS) is 1. The average molecular weight is 230 g/mol. The van der Waals surface area contributed by atoms with Crippen molar-refractivity contribution in [3.8, 4) is 0 Å². The molecular weight excluding hydrogens is 220 g/mol. The van der Waals surface area contributed by atoms with Crippen molar-refractivity contribution in [1.29, 1.82) is 0 Å². The fraction of sp³-hybridized carbons (Fsp3) is 0.167. The van der Waals surface area contributed by atoms with Gasteiger partial charge in [-0.05, 0) is 24.6 Å². The number of carbonyl (C=O) groups excluding carboxylic acids is 1. The van der Waals surface area contributed by atoms with Gasteiger partial charge in [-0.3, -0.25) is 14.6 Å². The number of amides is 1. The van der Waals surface area contributed by atoms with Crippen molar-refractivity contribution in [3.05, 3.63) is 36.2 Å². The molecule has 1 atom stereocenters. The zero-order valence-electron chi connectivity index (χ0n) is 9.12. The molecule has 5 heteroatoms. The average Bonchev–Trinajstić information content (AvgIpc) is 2.29. The number of nitrogens with zero attached hydrogens (tertiary/aromatic N) is 2. The third-order valence-corrected chi connectivity index (χ3v) is 2.52. The van der Waals surface area contributed by atoms with Crippen LogP contribution in [0.2, 0.25) is 0 Å². The van der Waals surface area contributed by atoms with Gasteiger partial charge in [-0.15, -0.1) is 0 Å². The van der Waals surface area contributed by atoms with E-state index in [-0.39, 0.29) is 0 Å². The van der Waals surface area contributed by atoms with Gasteiger partial charge in [-0.25, -0.2) is 4.99 Å². The Labute approximate surface area is 97.5 Å². The molecule has 17 heavy (non-hydrogen) atoms. The lowest BCUT2D eigenvalue weighted by Gasteiger charge is -2.15. The van der Waals surface area contributed by atoms with Crippen LogP contribution < -0.4 is 0 Å². The fourth-order valence-electron chi connectivity index (χ4n) is 1.67. The van der Waals surface area contributed by atoms with E-state index >= 15 is 0 Å². The maximum atomic E-state index is 11.4. The minimum atomic E-state index is -1.19. The summed E-state index contributed by atoms with van der Waals surface area (Å²) in [6.45, 7) is 1.68. The molecule has 1 N–H and O–H groups in total. The lowest BCUT2D eigenvalue weighted by Crippen LogP contribution is -2.25. The molecule has 2 rings (SSSR count). The fourth-order valence-corrected chi connectivity index (χ4v) is 1.67. The summed E-state index contributed by atoms with van der Waals surface area (Å²) in [4.78, 5) is 29.9. The van der Waals surface area contributed by atoms with Crippen LogP contribution in [0.25, 0.3) is 5.57 Å². The van der Waals surface area contributed by atoms with E-state index in [1.165, 1.54) is 6.08 Å². The Morgan fingerprint density at radius 2 is 2.00 bits per heavy atom. The van der Waals surface area contributed by atoms with Crippen molar-refractivity contribution >= 4 is 23.2 Å². The van der Waals surface area contributed by atoms with E-state index in [0.717, 1.165) is 5.56 Å². The SMILES string of the molecule is CC1=NC(=O)C(C(=O)O)C=C1c1ccncc1. The van der Waals surface area contributed by atoms with Crippen molar-refractivity contribution in [2.24, 2.45) is 10.9 Å². The van der Waals surface area contributed by atoms with E-state index in [9.17, 15) is 9.59 Å². The zero-order chi connectivity index (χ0) is 12.4. The van der Waals surface area contributed by atoms with Gasteiger partial charge in [0.05, 0.1) is 0 Å². The number of aliphatic imine (C=N–C) groups is 1. The number of hydrogen-bond acceptors (Lipinski definition) is 3. The first-order valence-corrected chi connectivity index (χ1v) is 5.04. The quantitative estimate of drug-likeness (QED) is 0.773. The summed E-state index contributed by atoms with van der Waals surface area (Å²) < 4.78 is 0. The molecule has 0 bridgehead atoms. The van der Waals surface area contributed by atoms with Crippen molar-refractivity contribution < 1.29 is 14.7 Å². The summed E-state index contributed by atoms with van der Waals surface area (Å²) in [5.41, 5.74) is 2.00. The van der Waals surface area contributed by atoms with Crippen LogP contribution in [-0.2, 0) is 9.59 Å². The van der Waals surface area contributed by atoms with Crippen molar-refractivity contribution in [3.63, 3.8) is 0 Å². The third-order valence-electron chi connectivity index (χ3n) is 2.52. The largest absolute Gasteiger partial charge is 0.480 e. The summed E-state index contributed by atoms with van der Waals surface area (Å²) >= 11 is 0. The van der Waals surface area contributed by atoms with Gasteiger partial charge in [0, 0.05) is 23.7 Å². The van der Waals surface area contributed by atoms with Crippen LogP contribution in [0.5, 0.6) is 0 Å². The number of carbonyl (C=O) groups is 2. The second kappa shape index (κ2) is 4.29. The molecule has 1 aliphatic heterocycles. The molecule has 0 aromatic carbocycles. The Balaban J connectivity index is 2.46. The molecule has 5 nitrogen and oxygen atoms in total. The highest BCUT2D eigenvalue weighted by Gasteiger charge is 2.28. The number of allylic oxidation sites excluding steroid dienone is 1. The highest BCUT2D eigenvalue weighted by Crippen LogP contribution is 2.23. The number of aromatic nitrogens is 1. The van der Waals surface area contributed by atoms with Crippen LogP contribution in [0.3, 0.4) is 0 Å². The first kappa shape index (κ1) is 11.2. The second-order valence-electron chi connectivity index (χ2n) is 3.67. The van der Waals surface area contributed by atoms with Crippen LogP contribution in [0.1, 0.15) is 12.5 Å². The topological polar surface area (TPSA) is 79.6 Å². The molecule has 0 spiro atoms. The van der Waals surface area contributed by atoms with E-state index in [4.69, 9.17) is 5.11 Å². The summed E-state index contributed by atoms with van der Waals surface area (Å²) in [5, 5.41) is 8.91. The van der Waals surface area contributed by atoms with Crippen LogP contribution in [-0.4, -0.2) is 27.7 Å². The summed E-state index contributed by atoms with van der Waals surface area (Å²) in [5.74, 6) is -3.01. The van der Waals surface area contributed by atoms with Gasteiger partial charge in [-0.2, -0.15) is 0 Å². The van der Waals surface area contributed by atoms with E-state index in [1.807, 2.05) is 0 Å². The third kappa shape index (κ3) is 2.13. The number of carboxylic acids is 1. The molecular formula is C12H10N2O3. The highest BCUT2D eigenvalue weighted by molar-refractivity contribution is 6.29. The van der Waals surface area contributed by atoms with Crippen LogP contribution in [0, 0.1) is 5.92 Å². The van der Waals surface area contributed by atoms with Gasteiger partial charge in [0.1, 0.15) is 0 Å². The monoisotopic (exact) mass is 230 g/mol. The molecule has 0 fully saturated rings. The second-order valence-corrected chi connectivity index (χ2v) is 3.67. The van der Waals surface area contributed by atoms with Gasteiger partial charge in [0.15, 0.2) is 5.92 Å². The van der Waals surface area contributed by atoms with E-state index in [1.54, 1.807) is 31.5 Å². The number of dihydropyridines is 1. The van der Waals surface area contributed by atoms with Gasteiger partial charge in [-0.1, -0.05) is 6.08 Å².